The summed E-state index contributed by atoms with van der Waals surface area (Å²) in [5.41, 5.74) is 16.3. The van der Waals surface area contributed by atoms with Gasteiger partial charge in [-0.2, -0.15) is 0 Å². The highest BCUT2D eigenvalue weighted by molar-refractivity contribution is 5.98. The molecule has 14 heteroatoms. The number of benzene rings is 4. The highest BCUT2D eigenvalue weighted by atomic mass is 16.6. The predicted octanol–water partition coefficient (Wildman–Crippen LogP) is 5.12. The molecule has 1 unspecified atom stereocenters. The normalized spacial score (nSPS) is 12.3. The summed E-state index contributed by atoms with van der Waals surface area (Å²) in [7, 11) is 0. The van der Waals surface area contributed by atoms with E-state index in [1.54, 1.807) is 60.7 Å². The topological polar surface area (TPSA) is 216 Å². The first kappa shape index (κ1) is 41.5. The molecule has 9 N–H and O–H groups in total. The van der Waals surface area contributed by atoms with Crippen LogP contribution in [0.5, 0.6) is 0 Å². The summed E-state index contributed by atoms with van der Waals surface area (Å²) in [4.78, 5) is 63.9. The molecule has 5 amide bonds. The number of unbranched alkanes of at least 4 members (excludes halogenated alkanes) is 1. The van der Waals surface area contributed by atoms with Crippen LogP contribution < -0.4 is 38.1 Å². The molecule has 0 aliphatic rings. The van der Waals surface area contributed by atoms with Crippen LogP contribution in [0.2, 0.25) is 0 Å². The van der Waals surface area contributed by atoms with Gasteiger partial charge in [0.05, 0.1) is 6.04 Å². The van der Waals surface area contributed by atoms with E-state index in [4.69, 9.17) is 20.9 Å². The second-order valence-corrected chi connectivity index (χ2v) is 13.0. The van der Waals surface area contributed by atoms with Crippen LogP contribution in [0.15, 0.2) is 103 Å². The van der Waals surface area contributed by atoms with Crippen molar-refractivity contribution in [3.63, 3.8) is 0 Å². The molecule has 0 aliphatic heterocycles. The van der Waals surface area contributed by atoms with E-state index in [9.17, 15) is 24.0 Å². The average molecular weight is 752 g/mol. The van der Waals surface area contributed by atoms with E-state index >= 15 is 0 Å². The quantitative estimate of drug-likeness (QED) is 0.0671. The molecule has 0 spiro atoms. The van der Waals surface area contributed by atoms with Crippen molar-refractivity contribution in [2.24, 2.45) is 11.5 Å². The Labute approximate surface area is 320 Å². The molecule has 3 atom stereocenters. The standard InChI is InChI=1S/C41H49N7O7/c1-27-11-17-33(18-12-27)45-40(52)54-26-31-15-21-34(22-16-31)46-41(53)55-25-30-13-19-32(20-14-30)44-38(50)35(10-6-7-23-42)47-39(51)36(48-37(49)28(2)43)24-29-8-4-3-5-9-29/h3-5,8-9,11-22,28,35-36H,6-7,10,23-26,42-43H2,1-2H3,(H,44,50)(H,45,52)(H,46,53)(H,47,51)(H,48,49)/t28-,35-,36?/m1/s1. The lowest BCUT2D eigenvalue weighted by Gasteiger charge is -2.24. The van der Waals surface area contributed by atoms with E-state index in [1.165, 1.54) is 6.92 Å². The minimum absolute atomic E-state index is 0.0320. The Balaban J connectivity index is 1.25. The van der Waals surface area contributed by atoms with Crippen molar-refractivity contribution in [3.05, 3.63) is 125 Å². The third-order valence-electron chi connectivity index (χ3n) is 8.37. The number of hydrogen-bond donors (Lipinski definition) is 7. The van der Waals surface area contributed by atoms with E-state index in [-0.39, 0.29) is 19.6 Å². The number of carbonyl (C=O) groups excluding carboxylic acids is 5. The summed E-state index contributed by atoms with van der Waals surface area (Å²) in [6, 6.07) is 27.4. The number of nitrogens with two attached hydrogens (primary N) is 2. The number of hydrogen-bond acceptors (Lipinski definition) is 9. The van der Waals surface area contributed by atoms with Crippen LogP contribution >= 0.6 is 0 Å². The number of rotatable bonds is 18. The lowest BCUT2D eigenvalue weighted by molar-refractivity contribution is -0.131. The summed E-state index contributed by atoms with van der Waals surface area (Å²) in [5, 5.41) is 13.7. The molecule has 4 rings (SSSR count). The highest BCUT2D eigenvalue weighted by Crippen LogP contribution is 2.16. The summed E-state index contributed by atoms with van der Waals surface area (Å²) >= 11 is 0. The SMILES string of the molecule is Cc1ccc(NC(=O)OCc2ccc(NC(=O)OCc3ccc(NC(=O)[C@@H](CCCCN)NC(=O)C(Cc4ccccc4)NC(=O)[C@@H](C)N)cc3)cc2)cc1. The summed E-state index contributed by atoms with van der Waals surface area (Å²) in [6.07, 6.45) is 0.546. The predicted molar refractivity (Wildman–Crippen MR) is 211 cm³/mol. The maximum absolute atomic E-state index is 13.5. The Bertz CT molecular complexity index is 1850. The van der Waals surface area contributed by atoms with E-state index in [0.717, 1.165) is 16.7 Å². The maximum Gasteiger partial charge on any atom is 0.411 e. The van der Waals surface area contributed by atoms with E-state index in [2.05, 4.69) is 26.6 Å². The number of ether oxygens (including phenoxy) is 2. The molecule has 0 bridgehead atoms. The fourth-order valence-corrected chi connectivity index (χ4v) is 5.24. The van der Waals surface area contributed by atoms with Crippen LogP contribution in [0.25, 0.3) is 0 Å². The molecule has 0 heterocycles. The first-order valence-electron chi connectivity index (χ1n) is 18.0. The lowest BCUT2D eigenvalue weighted by atomic mass is 10.0. The molecule has 0 fully saturated rings. The van der Waals surface area contributed by atoms with Gasteiger partial charge < -0.3 is 36.9 Å². The van der Waals surface area contributed by atoms with Crippen molar-refractivity contribution in [3.8, 4) is 0 Å². The molecule has 0 aromatic heterocycles. The molecule has 0 saturated heterocycles. The molecule has 14 nitrogen and oxygen atoms in total. The minimum atomic E-state index is -0.953. The Hall–Kier alpha value is -6.25. The Kier molecular flexibility index (Phi) is 16.2. The Morgan fingerprint density at radius 2 is 1.07 bits per heavy atom. The number of carbonyl (C=O) groups is 5. The largest absolute Gasteiger partial charge is 0.444 e. The average Bonchev–Trinajstić information content (AvgIpc) is 3.18. The maximum atomic E-state index is 13.5. The van der Waals surface area contributed by atoms with Crippen LogP contribution in [0.1, 0.15) is 48.4 Å². The van der Waals surface area contributed by atoms with Crippen LogP contribution in [0.3, 0.4) is 0 Å². The van der Waals surface area contributed by atoms with Crippen molar-refractivity contribution in [1.82, 2.24) is 10.6 Å². The van der Waals surface area contributed by atoms with Gasteiger partial charge in [0.25, 0.3) is 0 Å². The van der Waals surface area contributed by atoms with Gasteiger partial charge in [0.15, 0.2) is 0 Å². The zero-order valence-electron chi connectivity index (χ0n) is 31.0. The zero-order valence-corrected chi connectivity index (χ0v) is 31.0. The van der Waals surface area contributed by atoms with E-state index in [1.807, 2.05) is 49.4 Å². The van der Waals surface area contributed by atoms with Gasteiger partial charge in [-0.05, 0) is 92.7 Å². The number of aryl methyl sites for hydroxylation is 1. The molecule has 4 aromatic carbocycles. The van der Waals surface area contributed by atoms with E-state index < -0.39 is 48.0 Å². The molecule has 290 valence electrons. The van der Waals surface area contributed by atoms with Gasteiger partial charge in [-0.25, -0.2) is 9.59 Å². The van der Waals surface area contributed by atoms with Crippen LogP contribution in [-0.4, -0.2) is 54.6 Å². The molecule has 0 aliphatic carbocycles. The first-order chi connectivity index (χ1) is 26.5. The molecule has 0 radical (unpaired) electrons. The van der Waals surface area contributed by atoms with Gasteiger partial charge in [0.2, 0.25) is 17.7 Å². The van der Waals surface area contributed by atoms with Gasteiger partial charge in [0, 0.05) is 23.5 Å². The van der Waals surface area contributed by atoms with E-state index in [0.29, 0.717) is 48.4 Å². The third kappa shape index (κ3) is 14.6. The molecular formula is C41H49N7O7. The monoisotopic (exact) mass is 751 g/mol. The van der Waals surface area contributed by atoms with Crippen LogP contribution in [0.4, 0.5) is 26.7 Å². The summed E-state index contributed by atoms with van der Waals surface area (Å²) < 4.78 is 10.6. The van der Waals surface area contributed by atoms with Crippen molar-refractivity contribution >= 4 is 47.0 Å². The molecule has 4 aromatic rings. The lowest BCUT2D eigenvalue weighted by Crippen LogP contribution is -2.55. The van der Waals surface area contributed by atoms with Crippen molar-refractivity contribution in [2.75, 3.05) is 22.5 Å². The summed E-state index contributed by atoms with van der Waals surface area (Å²) in [5.74, 6) is -1.44. The van der Waals surface area contributed by atoms with Crippen molar-refractivity contribution in [1.29, 1.82) is 0 Å². The van der Waals surface area contributed by atoms with Gasteiger partial charge in [0.1, 0.15) is 25.3 Å². The third-order valence-corrected chi connectivity index (χ3v) is 8.37. The van der Waals surface area contributed by atoms with Gasteiger partial charge >= 0.3 is 12.2 Å². The van der Waals surface area contributed by atoms with Gasteiger partial charge in [-0.15, -0.1) is 0 Å². The Morgan fingerprint density at radius 3 is 1.58 bits per heavy atom. The zero-order chi connectivity index (χ0) is 39.6. The fourth-order valence-electron chi connectivity index (χ4n) is 5.24. The second-order valence-electron chi connectivity index (χ2n) is 13.0. The van der Waals surface area contributed by atoms with Crippen molar-refractivity contribution in [2.45, 2.75) is 70.9 Å². The Morgan fingerprint density at radius 1 is 0.582 bits per heavy atom. The molecule has 55 heavy (non-hydrogen) atoms. The highest BCUT2D eigenvalue weighted by Gasteiger charge is 2.28. The number of amides is 5. The number of anilines is 3. The van der Waals surface area contributed by atoms with Crippen LogP contribution in [0, 0.1) is 6.92 Å². The van der Waals surface area contributed by atoms with Gasteiger partial charge in [-0.3, -0.25) is 25.0 Å². The molecular weight excluding hydrogens is 702 g/mol. The van der Waals surface area contributed by atoms with Crippen LogP contribution in [-0.2, 0) is 43.5 Å². The molecule has 0 saturated carbocycles. The minimum Gasteiger partial charge on any atom is -0.444 e. The fraction of sp³-hybridized carbons (Fsp3) is 0.293. The van der Waals surface area contributed by atoms with Gasteiger partial charge in [-0.1, -0.05) is 72.3 Å². The second kappa shape index (κ2) is 21.5. The number of nitrogens with one attached hydrogen (secondary N) is 5. The first-order valence-corrected chi connectivity index (χ1v) is 18.0. The summed E-state index contributed by atoms with van der Waals surface area (Å²) in [6.45, 7) is 3.93. The smallest absolute Gasteiger partial charge is 0.411 e. The van der Waals surface area contributed by atoms with Crippen molar-refractivity contribution < 1.29 is 33.4 Å².